The molecule has 2 rings (SSSR count). The van der Waals surface area contributed by atoms with Crippen LogP contribution < -0.4 is 0 Å². The molecule has 100 valence electrons. The first-order valence-corrected chi connectivity index (χ1v) is 7.15. The summed E-state index contributed by atoms with van der Waals surface area (Å²) in [5.74, 6) is 0.206. The van der Waals surface area contributed by atoms with Gasteiger partial charge in [0.05, 0.1) is 6.10 Å². The van der Waals surface area contributed by atoms with E-state index in [1.165, 1.54) is 0 Å². The van der Waals surface area contributed by atoms with E-state index in [2.05, 4.69) is 15.9 Å². The summed E-state index contributed by atoms with van der Waals surface area (Å²) in [4.78, 5) is 14.3. The molecule has 18 heavy (non-hydrogen) atoms. The summed E-state index contributed by atoms with van der Waals surface area (Å²) in [5.41, 5.74) is 0.716. The minimum Gasteiger partial charge on any atom is -0.393 e. The fraction of sp³-hybridized carbons (Fsp3) is 0.615. The average Bonchev–Trinajstić information content (AvgIpc) is 2.73. The van der Waals surface area contributed by atoms with E-state index in [1.54, 1.807) is 0 Å². The van der Waals surface area contributed by atoms with E-state index in [9.17, 15) is 9.90 Å². The highest BCUT2D eigenvalue weighted by molar-refractivity contribution is 9.10. The summed E-state index contributed by atoms with van der Waals surface area (Å²) in [7, 11) is 0. The van der Waals surface area contributed by atoms with Gasteiger partial charge in [-0.25, -0.2) is 0 Å². The normalized spacial score (nSPS) is 24.3. The average molecular weight is 315 g/mol. The van der Waals surface area contributed by atoms with Crippen molar-refractivity contribution in [2.24, 2.45) is 5.92 Å². The van der Waals surface area contributed by atoms with Crippen molar-refractivity contribution in [3.63, 3.8) is 0 Å². The lowest BCUT2D eigenvalue weighted by Crippen LogP contribution is -2.45. The van der Waals surface area contributed by atoms with Crippen LogP contribution in [0.3, 0.4) is 0 Å². The molecule has 1 amide bonds. The van der Waals surface area contributed by atoms with Crippen molar-refractivity contribution < 1.29 is 9.90 Å². The van der Waals surface area contributed by atoms with Gasteiger partial charge in [-0.1, -0.05) is 6.92 Å². The van der Waals surface area contributed by atoms with Crippen molar-refractivity contribution in [2.45, 2.75) is 32.9 Å². The summed E-state index contributed by atoms with van der Waals surface area (Å²) < 4.78 is 2.88. The SMILES string of the molecule is CCn1cc(Br)cc1C(=O)N1CCC(O)C(C)C1. The number of amides is 1. The van der Waals surface area contributed by atoms with E-state index in [0.29, 0.717) is 25.2 Å². The maximum absolute atomic E-state index is 12.4. The Morgan fingerprint density at radius 3 is 2.94 bits per heavy atom. The molecular formula is C13H19BrN2O2. The Morgan fingerprint density at radius 2 is 2.33 bits per heavy atom. The Labute approximate surface area is 116 Å². The lowest BCUT2D eigenvalue weighted by atomic mass is 9.96. The maximum atomic E-state index is 12.4. The van der Waals surface area contributed by atoms with Crippen LogP contribution in [-0.4, -0.2) is 39.7 Å². The van der Waals surface area contributed by atoms with Crippen molar-refractivity contribution in [2.75, 3.05) is 13.1 Å². The quantitative estimate of drug-likeness (QED) is 0.908. The molecule has 0 radical (unpaired) electrons. The zero-order valence-corrected chi connectivity index (χ0v) is 12.4. The number of aryl methyl sites for hydroxylation is 1. The lowest BCUT2D eigenvalue weighted by Gasteiger charge is -2.34. The van der Waals surface area contributed by atoms with Gasteiger partial charge < -0.3 is 14.6 Å². The summed E-state index contributed by atoms with van der Waals surface area (Å²) in [6, 6.07) is 1.86. The zero-order chi connectivity index (χ0) is 13.3. The Kier molecular flexibility index (Phi) is 4.12. The number of halogens is 1. The van der Waals surface area contributed by atoms with E-state index in [1.807, 2.05) is 35.6 Å². The Balaban J connectivity index is 2.16. The topological polar surface area (TPSA) is 45.5 Å². The van der Waals surface area contributed by atoms with E-state index < -0.39 is 0 Å². The van der Waals surface area contributed by atoms with Crippen molar-refractivity contribution >= 4 is 21.8 Å². The molecule has 0 aromatic carbocycles. The molecule has 0 aliphatic carbocycles. The van der Waals surface area contributed by atoms with Crippen molar-refractivity contribution in [1.82, 2.24) is 9.47 Å². The molecule has 0 saturated carbocycles. The number of carbonyl (C=O) groups excluding carboxylic acids is 1. The highest BCUT2D eigenvalue weighted by atomic mass is 79.9. The second-order valence-electron chi connectivity index (χ2n) is 4.91. The lowest BCUT2D eigenvalue weighted by molar-refractivity contribution is 0.0291. The van der Waals surface area contributed by atoms with Gasteiger partial charge in [0, 0.05) is 30.3 Å². The number of aromatic nitrogens is 1. The van der Waals surface area contributed by atoms with E-state index >= 15 is 0 Å². The molecule has 2 atom stereocenters. The molecule has 2 heterocycles. The van der Waals surface area contributed by atoms with Crippen LogP contribution in [0.5, 0.6) is 0 Å². The summed E-state index contributed by atoms with van der Waals surface area (Å²) in [6.45, 7) is 6.05. The predicted octanol–water partition coefficient (Wildman–Crippen LogP) is 2.11. The fourth-order valence-electron chi connectivity index (χ4n) is 2.40. The van der Waals surface area contributed by atoms with Gasteiger partial charge in [-0.15, -0.1) is 0 Å². The van der Waals surface area contributed by atoms with E-state index in [0.717, 1.165) is 11.0 Å². The molecule has 1 fully saturated rings. The summed E-state index contributed by atoms with van der Waals surface area (Å²) in [5, 5.41) is 9.70. The highest BCUT2D eigenvalue weighted by Crippen LogP contribution is 2.21. The molecule has 4 nitrogen and oxygen atoms in total. The van der Waals surface area contributed by atoms with Crippen LogP contribution in [0.25, 0.3) is 0 Å². The van der Waals surface area contributed by atoms with E-state index in [4.69, 9.17) is 0 Å². The largest absolute Gasteiger partial charge is 0.393 e. The second kappa shape index (κ2) is 5.45. The van der Waals surface area contributed by atoms with Crippen LogP contribution in [0.4, 0.5) is 0 Å². The molecule has 0 spiro atoms. The Hall–Kier alpha value is -0.810. The van der Waals surface area contributed by atoms with Gasteiger partial charge in [0.1, 0.15) is 5.69 Å². The molecule has 1 aromatic heterocycles. The number of rotatable bonds is 2. The molecule has 1 aliphatic heterocycles. The van der Waals surface area contributed by atoms with Crippen LogP contribution in [0.15, 0.2) is 16.7 Å². The van der Waals surface area contributed by atoms with Crippen LogP contribution in [0.1, 0.15) is 30.8 Å². The third kappa shape index (κ3) is 2.62. The van der Waals surface area contributed by atoms with Crippen LogP contribution in [0.2, 0.25) is 0 Å². The first kappa shape index (κ1) is 13.6. The molecule has 1 aliphatic rings. The van der Waals surface area contributed by atoms with Gasteiger partial charge in [0.15, 0.2) is 0 Å². The molecule has 0 bridgehead atoms. The number of nitrogens with zero attached hydrogens (tertiary/aromatic N) is 2. The van der Waals surface area contributed by atoms with Crippen LogP contribution in [-0.2, 0) is 6.54 Å². The first-order valence-electron chi connectivity index (χ1n) is 6.36. The Bertz CT molecular complexity index is 444. The van der Waals surface area contributed by atoms with Crippen LogP contribution >= 0.6 is 15.9 Å². The molecule has 2 unspecified atom stereocenters. The number of piperidine rings is 1. The second-order valence-corrected chi connectivity index (χ2v) is 5.83. The van der Waals surface area contributed by atoms with Crippen LogP contribution in [0, 0.1) is 5.92 Å². The molecule has 1 N–H and O–H groups in total. The number of aliphatic hydroxyl groups excluding tert-OH is 1. The van der Waals surface area contributed by atoms with E-state index in [-0.39, 0.29) is 17.9 Å². The van der Waals surface area contributed by atoms with Crippen molar-refractivity contribution in [3.05, 3.63) is 22.4 Å². The van der Waals surface area contributed by atoms with Gasteiger partial charge in [-0.05, 0) is 41.3 Å². The van der Waals surface area contributed by atoms with Crippen molar-refractivity contribution in [1.29, 1.82) is 0 Å². The molecule has 1 saturated heterocycles. The number of likely N-dealkylation sites (tertiary alicyclic amines) is 1. The number of aliphatic hydroxyl groups is 1. The predicted molar refractivity (Wildman–Crippen MR) is 73.5 cm³/mol. The molecular weight excluding hydrogens is 296 g/mol. The van der Waals surface area contributed by atoms with Gasteiger partial charge in [-0.3, -0.25) is 4.79 Å². The number of hydrogen-bond acceptors (Lipinski definition) is 2. The Morgan fingerprint density at radius 1 is 1.61 bits per heavy atom. The van der Waals surface area contributed by atoms with Gasteiger partial charge >= 0.3 is 0 Å². The minimum atomic E-state index is -0.279. The summed E-state index contributed by atoms with van der Waals surface area (Å²) >= 11 is 3.41. The monoisotopic (exact) mass is 314 g/mol. The van der Waals surface area contributed by atoms with Gasteiger partial charge in [-0.2, -0.15) is 0 Å². The van der Waals surface area contributed by atoms with Gasteiger partial charge in [0.25, 0.3) is 5.91 Å². The van der Waals surface area contributed by atoms with Gasteiger partial charge in [0.2, 0.25) is 0 Å². The third-order valence-corrected chi connectivity index (χ3v) is 4.00. The fourth-order valence-corrected chi connectivity index (χ4v) is 2.86. The van der Waals surface area contributed by atoms with Crippen molar-refractivity contribution in [3.8, 4) is 0 Å². The minimum absolute atomic E-state index is 0.0568. The summed E-state index contributed by atoms with van der Waals surface area (Å²) in [6.07, 6.45) is 2.31. The zero-order valence-electron chi connectivity index (χ0n) is 10.8. The standard InChI is InChI=1S/C13H19BrN2O2/c1-3-15-8-10(14)6-11(15)13(18)16-5-4-12(17)9(2)7-16/h6,8-9,12,17H,3-5,7H2,1-2H3. The third-order valence-electron chi connectivity index (χ3n) is 3.57. The smallest absolute Gasteiger partial charge is 0.270 e. The number of carbonyl (C=O) groups is 1. The molecule has 5 heteroatoms. The highest BCUT2D eigenvalue weighted by Gasteiger charge is 2.28. The molecule has 1 aromatic rings. The first-order chi connectivity index (χ1) is 8.52. The maximum Gasteiger partial charge on any atom is 0.270 e. The number of hydrogen-bond donors (Lipinski definition) is 1.